The van der Waals surface area contributed by atoms with E-state index in [1.807, 2.05) is 0 Å². The summed E-state index contributed by atoms with van der Waals surface area (Å²) < 4.78 is 66.0. The predicted octanol–water partition coefficient (Wildman–Crippen LogP) is 1.99. The zero-order valence-corrected chi connectivity index (χ0v) is 18.0. The van der Waals surface area contributed by atoms with E-state index in [0.29, 0.717) is 5.69 Å². The van der Waals surface area contributed by atoms with Crippen molar-refractivity contribution in [2.45, 2.75) is 22.6 Å². The number of rotatable bonds is 8. The largest absolute Gasteiger partial charge is 0.376 e. The first kappa shape index (κ1) is 23.1. The normalized spacial score (nSPS) is 11.7. The maximum absolute atomic E-state index is 11.8. The van der Waals surface area contributed by atoms with Crippen LogP contribution in [-0.4, -0.2) is 36.5 Å². The summed E-state index contributed by atoms with van der Waals surface area (Å²) in [7, 11) is -9.10. The van der Waals surface area contributed by atoms with Gasteiger partial charge in [0.05, 0.1) is 15.3 Å². The molecule has 0 unspecified atom stereocenters. The molecule has 0 aliphatic carbocycles. The minimum atomic E-state index is -4.57. The summed E-state index contributed by atoms with van der Waals surface area (Å²) >= 11 is 9.36. The van der Waals surface area contributed by atoms with Gasteiger partial charge in [0, 0.05) is 11.4 Å². The Morgan fingerprint density at radius 3 is 1.79 bits per heavy atom. The van der Waals surface area contributed by atoms with Crippen molar-refractivity contribution in [3.63, 3.8) is 0 Å². The lowest BCUT2D eigenvalue weighted by Crippen LogP contribution is -2.19. The van der Waals surface area contributed by atoms with Crippen LogP contribution < -0.4 is 16.4 Å². The van der Waals surface area contributed by atoms with E-state index in [0.717, 1.165) is 0 Å². The minimum Gasteiger partial charge on any atom is -0.376 e. The Kier molecular flexibility index (Phi) is 7.26. The Morgan fingerprint density at radius 1 is 0.931 bits per heavy atom. The fraction of sp³-hybridized carbons (Fsp3) is 0.125. The van der Waals surface area contributed by atoms with Crippen LogP contribution in [0.25, 0.3) is 0 Å². The van der Waals surface area contributed by atoms with Crippen LogP contribution in [0.2, 0.25) is 0 Å². The Balaban J connectivity index is 2.41. The molecule has 29 heavy (non-hydrogen) atoms. The number of hydrogen-bond donors (Lipinski definition) is 5. The number of thiocarbonyl (C=S) groups is 2. The van der Waals surface area contributed by atoms with Crippen LogP contribution in [0.5, 0.6) is 0 Å². The monoisotopic (exact) mass is 475 g/mol. The minimum absolute atomic E-state index is 0.0604. The second-order valence-electron chi connectivity index (χ2n) is 5.85. The van der Waals surface area contributed by atoms with Crippen molar-refractivity contribution < 1.29 is 25.9 Å². The molecule has 0 aliphatic heterocycles. The van der Waals surface area contributed by atoms with Crippen LogP contribution in [-0.2, 0) is 33.1 Å². The SMILES string of the molecule is NC(=S)Nc1ccc(CCc2ccc(NC=S)cc2S(=O)(=O)O)c(S(=O)(=O)O)c1. The van der Waals surface area contributed by atoms with E-state index in [4.69, 9.17) is 18.0 Å². The molecule has 0 spiro atoms. The van der Waals surface area contributed by atoms with Gasteiger partial charge in [-0.2, -0.15) is 16.8 Å². The van der Waals surface area contributed by atoms with E-state index in [9.17, 15) is 25.9 Å². The standard InChI is InChI=1S/C16H17N3O6S4/c17-16(27)19-13-6-4-11(15(8-13)29(23,24)25)2-1-10-3-5-12(18-9-26)7-14(10)28(20,21)22/h3-9H,1-2H2,(H,18,26)(H3,17,19,27)(H,20,21,22)(H,23,24,25). The van der Waals surface area contributed by atoms with Gasteiger partial charge in [-0.3, -0.25) is 9.11 Å². The molecule has 2 aromatic carbocycles. The second-order valence-corrected chi connectivity index (χ2v) is 9.30. The van der Waals surface area contributed by atoms with Crippen molar-refractivity contribution in [2.24, 2.45) is 5.73 Å². The third-order valence-corrected chi connectivity index (χ3v) is 5.94. The first-order valence-electron chi connectivity index (χ1n) is 7.89. The Bertz CT molecular complexity index is 1160. The van der Waals surface area contributed by atoms with Gasteiger partial charge in [-0.15, -0.1) is 0 Å². The molecule has 9 nitrogen and oxygen atoms in total. The van der Waals surface area contributed by atoms with Crippen molar-refractivity contribution in [3.05, 3.63) is 47.5 Å². The van der Waals surface area contributed by atoms with E-state index in [2.05, 4.69) is 22.9 Å². The summed E-state index contributed by atoms with van der Waals surface area (Å²) in [6.45, 7) is 0. The van der Waals surface area contributed by atoms with Crippen molar-refractivity contribution >= 4 is 66.7 Å². The average Bonchev–Trinajstić information content (AvgIpc) is 2.59. The molecule has 0 radical (unpaired) electrons. The molecule has 0 bridgehead atoms. The van der Waals surface area contributed by atoms with E-state index in [-0.39, 0.29) is 44.6 Å². The van der Waals surface area contributed by atoms with Gasteiger partial charge in [0.2, 0.25) is 0 Å². The summed E-state index contributed by atoms with van der Waals surface area (Å²) in [5.41, 5.74) is 7.67. The first-order valence-corrected chi connectivity index (χ1v) is 11.7. The summed E-state index contributed by atoms with van der Waals surface area (Å²) in [5.74, 6) is 0. The maximum Gasteiger partial charge on any atom is 0.294 e. The van der Waals surface area contributed by atoms with Gasteiger partial charge in [0.25, 0.3) is 20.2 Å². The molecule has 0 saturated carbocycles. The molecule has 156 valence electrons. The summed E-state index contributed by atoms with van der Waals surface area (Å²) in [6.07, 6.45) is 0.128. The highest BCUT2D eigenvalue weighted by Crippen LogP contribution is 2.25. The average molecular weight is 476 g/mol. The molecule has 13 heteroatoms. The Hall–Kier alpha value is -2.16. The van der Waals surface area contributed by atoms with Crippen LogP contribution in [0, 0.1) is 0 Å². The first-order chi connectivity index (χ1) is 13.4. The lowest BCUT2D eigenvalue weighted by atomic mass is 10.0. The molecule has 0 amide bonds. The topological polar surface area (TPSA) is 159 Å². The molecule has 0 heterocycles. The summed E-state index contributed by atoms with van der Waals surface area (Å²) in [4.78, 5) is -0.703. The lowest BCUT2D eigenvalue weighted by Gasteiger charge is -2.13. The van der Waals surface area contributed by atoms with Crippen molar-refractivity contribution in [3.8, 4) is 0 Å². The fourth-order valence-electron chi connectivity index (χ4n) is 2.65. The number of nitrogens with one attached hydrogen (secondary N) is 2. The van der Waals surface area contributed by atoms with Gasteiger partial charge in [-0.25, -0.2) is 0 Å². The quantitative estimate of drug-likeness (QED) is 0.281. The van der Waals surface area contributed by atoms with Crippen molar-refractivity contribution in [1.29, 1.82) is 0 Å². The molecule has 0 atom stereocenters. The van der Waals surface area contributed by atoms with Crippen LogP contribution in [0.4, 0.5) is 11.4 Å². The molecule has 2 aromatic rings. The highest BCUT2D eigenvalue weighted by Gasteiger charge is 2.19. The fourth-order valence-corrected chi connectivity index (χ4v) is 4.46. The Labute approximate surface area is 178 Å². The number of hydrogen-bond acceptors (Lipinski definition) is 6. The second kappa shape index (κ2) is 9.11. The van der Waals surface area contributed by atoms with Crippen molar-refractivity contribution in [2.75, 3.05) is 10.6 Å². The van der Waals surface area contributed by atoms with E-state index in [1.165, 1.54) is 35.8 Å². The van der Waals surface area contributed by atoms with E-state index < -0.39 is 20.2 Å². The molecule has 0 fully saturated rings. The van der Waals surface area contributed by atoms with Gasteiger partial charge < -0.3 is 16.4 Å². The zero-order chi connectivity index (χ0) is 21.8. The van der Waals surface area contributed by atoms with Crippen LogP contribution >= 0.6 is 24.4 Å². The molecule has 0 aliphatic rings. The maximum atomic E-state index is 11.8. The third-order valence-electron chi connectivity index (χ3n) is 3.85. The Morgan fingerprint density at radius 2 is 1.38 bits per heavy atom. The van der Waals surface area contributed by atoms with Gasteiger partial charge in [0.1, 0.15) is 0 Å². The molecular formula is C16H17N3O6S4. The van der Waals surface area contributed by atoms with Crippen LogP contribution in [0.15, 0.2) is 46.2 Å². The zero-order valence-electron chi connectivity index (χ0n) is 14.7. The molecular weight excluding hydrogens is 458 g/mol. The smallest absolute Gasteiger partial charge is 0.294 e. The van der Waals surface area contributed by atoms with Gasteiger partial charge in [-0.05, 0) is 60.5 Å². The predicted molar refractivity (Wildman–Crippen MR) is 118 cm³/mol. The number of benzene rings is 2. The molecule has 0 saturated heterocycles. The van der Waals surface area contributed by atoms with Crippen LogP contribution in [0.3, 0.4) is 0 Å². The van der Waals surface area contributed by atoms with Crippen LogP contribution in [0.1, 0.15) is 11.1 Å². The van der Waals surface area contributed by atoms with E-state index in [1.54, 1.807) is 6.07 Å². The number of anilines is 2. The highest BCUT2D eigenvalue weighted by molar-refractivity contribution is 7.86. The lowest BCUT2D eigenvalue weighted by molar-refractivity contribution is 0.479. The third kappa shape index (κ3) is 6.42. The number of nitrogens with two attached hydrogens (primary N) is 1. The van der Waals surface area contributed by atoms with Crippen molar-refractivity contribution in [1.82, 2.24) is 0 Å². The van der Waals surface area contributed by atoms with Gasteiger partial charge >= 0.3 is 0 Å². The van der Waals surface area contributed by atoms with Gasteiger partial charge in [-0.1, -0.05) is 24.4 Å². The number of aryl methyl sites for hydroxylation is 2. The van der Waals surface area contributed by atoms with E-state index >= 15 is 0 Å². The molecule has 6 N–H and O–H groups in total. The molecule has 0 aromatic heterocycles. The highest BCUT2D eigenvalue weighted by atomic mass is 32.2. The summed E-state index contributed by atoms with van der Waals surface area (Å²) in [5, 5.41) is 5.13. The molecule has 2 rings (SSSR count). The summed E-state index contributed by atoms with van der Waals surface area (Å²) in [6, 6.07) is 8.37. The van der Waals surface area contributed by atoms with Gasteiger partial charge in [0.15, 0.2) is 5.11 Å².